The summed E-state index contributed by atoms with van der Waals surface area (Å²) in [6.07, 6.45) is 0. The zero-order valence-corrected chi connectivity index (χ0v) is 12.1. The normalized spacial score (nSPS) is 13.8. The summed E-state index contributed by atoms with van der Waals surface area (Å²) in [7, 11) is 0. The first-order chi connectivity index (χ1) is 9.50. The fraction of sp³-hybridized carbons (Fsp3) is 0.0667. The largest absolute Gasteiger partial charge is 0.268 e. The maximum absolute atomic E-state index is 13.8. The van der Waals surface area contributed by atoms with E-state index in [1.807, 2.05) is 0 Å². The van der Waals surface area contributed by atoms with Crippen LogP contribution < -0.4 is 4.90 Å². The highest BCUT2D eigenvalue weighted by Gasteiger charge is 2.37. The predicted octanol–water partition coefficient (Wildman–Crippen LogP) is 3.70. The van der Waals surface area contributed by atoms with Gasteiger partial charge in [0.15, 0.2) is 0 Å². The van der Waals surface area contributed by atoms with Crippen LogP contribution in [0.25, 0.3) is 0 Å². The smallest absolute Gasteiger partial charge is 0.266 e. The van der Waals surface area contributed by atoms with Crippen LogP contribution in [0.15, 0.2) is 40.9 Å². The third-order valence-electron chi connectivity index (χ3n) is 3.19. The molecule has 1 heterocycles. The van der Waals surface area contributed by atoms with Crippen molar-refractivity contribution in [2.24, 2.45) is 0 Å². The minimum Gasteiger partial charge on any atom is -0.268 e. The van der Waals surface area contributed by atoms with Crippen LogP contribution in [0, 0.1) is 12.7 Å². The molecule has 3 rings (SSSR count). The molecule has 0 unspecified atom stereocenters. The predicted molar refractivity (Wildman–Crippen MR) is 76.4 cm³/mol. The van der Waals surface area contributed by atoms with Crippen LogP contribution in [-0.4, -0.2) is 11.8 Å². The van der Waals surface area contributed by atoms with Crippen LogP contribution in [-0.2, 0) is 0 Å². The van der Waals surface area contributed by atoms with Gasteiger partial charge in [0.05, 0.1) is 21.3 Å². The number of amides is 2. The summed E-state index contributed by atoms with van der Waals surface area (Å²) >= 11 is 3.10. The van der Waals surface area contributed by atoms with Gasteiger partial charge < -0.3 is 0 Å². The zero-order valence-electron chi connectivity index (χ0n) is 10.5. The Morgan fingerprint density at radius 1 is 1.05 bits per heavy atom. The molecule has 5 heteroatoms. The minimum absolute atomic E-state index is 0.109. The monoisotopic (exact) mass is 333 g/mol. The lowest BCUT2D eigenvalue weighted by Crippen LogP contribution is -2.30. The van der Waals surface area contributed by atoms with Crippen molar-refractivity contribution in [1.29, 1.82) is 0 Å². The molecule has 0 aliphatic carbocycles. The topological polar surface area (TPSA) is 37.4 Å². The van der Waals surface area contributed by atoms with Gasteiger partial charge in [0.1, 0.15) is 5.82 Å². The molecule has 0 atom stereocenters. The lowest BCUT2D eigenvalue weighted by Gasteiger charge is -2.16. The van der Waals surface area contributed by atoms with Gasteiger partial charge in [-0.25, -0.2) is 9.29 Å². The SMILES string of the molecule is Cc1cc(F)c(Br)c(N2C(=O)c3ccccc3C2=O)c1. The summed E-state index contributed by atoms with van der Waals surface area (Å²) in [5.74, 6) is -1.37. The number of hydrogen-bond donors (Lipinski definition) is 0. The van der Waals surface area contributed by atoms with Crippen LogP contribution in [0.3, 0.4) is 0 Å². The fourth-order valence-corrected chi connectivity index (χ4v) is 2.68. The van der Waals surface area contributed by atoms with Crippen molar-refractivity contribution in [3.8, 4) is 0 Å². The Bertz CT molecular complexity index is 723. The van der Waals surface area contributed by atoms with Gasteiger partial charge in [0.25, 0.3) is 11.8 Å². The van der Waals surface area contributed by atoms with Crippen molar-refractivity contribution in [3.63, 3.8) is 0 Å². The fourth-order valence-electron chi connectivity index (χ4n) is 2.28. The van der Waals surface area contributed by atoms with Gasteiger partial charge in [-0.3, -0.25) is 9.59 Å². The van der Waals surface area contributed by atoms with E-state index in [0.717, 1.165) is 4.90 Å². The van der Waals surface area contributed by atoms with Crippen molar-refractivity contribution in [1.82, 2.24) is 0 Å². The lowest BCUT2D eigenvalue weighted by molar-refractivity contribution is 0.0926. The van der Waals surface area contributed by atoms with Crippen LogP contribution >= 0.6 is 15.9 Å². The molecule has 0 saturated carbocycles. The van der Waals surface area contributed by atoms with Crippen LogP contribution in [0.1, 0.15) is 26.3 Å². The highest BCUT2D eigenvalue weighted by Crippen LogP contribution is 2.35. The lowest BCUT2D eigenvalue weighted by atomic mass is 10.1. The summed E-state index contributed by atoms with van der Waals surface area (Å²) < 4.78 is 13.9. The molecule has 1 aliphatic heterocycles. The van der Waals surface area contributed by atoms with E-state index in [0.29, 0.717) is 16.7 Å². The van der Waals surface area contributed by atoms with Crippen molar-refractivity contribution in [2.75, 3.05) is 4.90 Å². The molecule has 0 N–H and O–H groups in total. The Morgan fingerprint density at radius 3 is 2.15 bits per heavy atom. The van der Waals surface area contributed by atoms with E-state index in [4.69, 9.17) is 0 Å². The quantitative estimate of drug-likeness (QED) is 0.746. The summed E-state index contributed by atoms with van der Waals surface area (Å²) in [5.41, 5.74) is 1.54. The van der Waals surface area contributed by atoms with Crippen LogP contribution in [0.2, 0.25) is 0 Å². The molecular formula is C15H9BrFNO2. The molecule has 0 aromatic heterocycles. The second-order valence-electron chi connectivity index (χ2n) is 4.57. The summed E-state index contributed by atoms with van der Waals surface area (Å²) in [4.78, 5) is 25.7. The van der Waals surface area contributed by atoms with E-state index < -0.39 is 17.6 Å². The Kier molecular flexibility index (Phi) is 2.94. The maximum Gasteiger partial charge on any atom is 0.266 e. The summed E-state index contributed by atoms with van der Waals surface area (Å²) in [5, 5.41) is 0. The standard InChI is InChI=1S/C15H9BrFNO2/c1-8-6-11(17)13(16)12(7-8)18-14(19)9-4-2-3-5-10(9)15(18)20/h2-7H,1H3. The zero-order chi connectivity index (χ0) is 14.4. The van der Waals surface area contributed by atoms with Crippen molar-refractivity contribution < 1.29 is 14.0 Å². The average Bonchev–Trinajstić information content (AvgIpc) is 2.67. The molecule has 100 valence electrons. The highest BCUT2D eigenvalue weighted by atomic mass is 79.9. The Hall–Kier alpha value is -2.01. The Balaban J connectivity index is 2.19. The minimum atomic E-state index is -0.503. The number of halogens is 2. The van der Waals surface area contributed by atoms with E-state index in [9.17, 15) is 14.0 Å². The molecule has 20 heavy (non-hydrogen) atoms. The number of aryl methyl sites for hydroxylation is 1. The molecule has 0 spiro atoms. The third kappa shape index (κ3) is 1.78. The van der Waals surface area contributed by atoms with Crippen LogP contribution in [0.4, 0.5) is 10.1 Å². The van der Waals surface area contributed by atoms with Gasteiger partial charge in [0.2, 0.25) is 0 Å². The second kappa shape index (κ2) is 4.52. The molecule has 1 aliphatic rings. The summed E-state index contributed by atoms with van der Waals surface area (Å²) in [6, 6.07) is 9.52. The van der Waals surface area contributed by atoms with Gasteiger partial charge in [-0.15, -0.1) is 0 Å². The van der Waals surface area contributed by atoms with Gasteiger partial charge in [-0.2, -0.15) is 0 Å². The number of carbonyl (C=O) groups is 2. The second-order valence-corrected chi connectivity index (χ2v) is 5.36. The Morgan fingerprint density at radius 2 is 1.60 bits per heavy atom. The third-order valence-corrected chi connectivity index (χ3v) is 3.97. The molecule has 2 aromatic rings. The van der Waals surface area contributed by atoms with Crippen molar-refractivity contribution >= 4 is 33.4 Å². The van der Waals surface area contributed by atoms with E-state index in [1.54, 1.807) is 37.3 Å². The first-order valence-electron chi connectivity index (χ1n) is 5.94. The van der Waals surface area contributed by atoms with Crippen molar-refractivity contribution in [2.45, 2.75) is 6.92 Å². The van der Waals surface area contributed by atoms with E-state index in [-0.39, 0.29) is 10.2 Å². The highest BCUT2D eigenvalue weighted by molar-refractivity contribution is 9.10. The first kappa shape index (κ1) is 13.0. The van der Waals surface area contributed by atoms with Gasteiger partial charge in [-0.1, -0.05) is 12.1 Å². The number of carbonyl (C=O) groups excluding carboxylic acids is 2. The number of hydrogen-bond acceptors (Lipinski definition) is 2. The number of imide groups is 1. The number of anilines is 1. The van der Waals surface area contributed by atoms with Gasteiger partial charge >= 0.3 is 0 Å². The van der Waals surface area contributed by atoms with E-state index in [1.165, 1.54) is 6.07 Å². The first-order valence-corrected chi connectivity index (χ1v) is 6.73. The van der Waals surface area contributed by atoms with Gasteiger partial charge in [0, 0.05) is 0 Å². The van der Waals surface area contributed by atoms with Crippen molar-refractivity contribution in [3.05, 3.63) is 63.4 Å². The molecular weight excluding hydrogens is 325 g/mol. The number of nitrogens with zero attached hydrogens (tertiary/aromatic N) is 1. The summed E-state index contributed by atoms with van der Waals surface area (Å²) in [6.45, 7) is 1.71. The maximum atomic E-state index is 13.8. The number of benzene rings is 2. The molecule has 2 aromatic carbocycles. The number of fused-ring (bicyclic) bond motifs is 1. The van der Waals surface area contributed by atoms with E-state index >= 15 is 0 Å². The number of rotatable bonds is 1. The molecule has 0 saturated heterocycles. The van der Waals surface area contributed by atoms with Crippen LogP contribution in [0.5, 0.6) is 0 Å². The molecule has 0 fully saturated rings. The molecule has 2 amide bonds. The van der Waals surface area contributed by atoms with Gasteiger partial charge in [-0.05, 0) is 52.7 Å². The Labute approximate surface area is 123 Å². The van der Waals surface area contributed by atoms with E-state index in [2.05, 4.69) is 15.9 Å². The molecule has 0 bridgehead atoms. The molecule has 3 nitrogen and oxygen atoms in total. The molecule has 0 radical (unpaired) electrons. The average molecular weight is 334 g/mol.